The maximum Gasteiger partial charge on any atom is 0.159 e. The van der Waals surface area contributed by atoms with Gasteiger partial charge in [-0.25, -0.2) is 9.97 Å². The number of nitrogens with zero attached hydrogens (tertiary/aromatic N) is 3. The van der Waals surface area contributed by atoms with Crippen LogP contribution >= 0.6 is 0 Å². The van der Waals surface area contributed by atoms with Crippen molar-refractivity contribution in [2.24, 2.45) is 0 Å². The summed E-state index contributed by atoms with van der Waals surface area (Å²) in [5.41, 5.74) is 11.6. The maximum atomic E-state index is 11.5. The molecule has 0 bridgehead atoms. The third kappa shape index (κ3) is 3.96. The number of anilines is 1. The van der Waals surface area contributed by atoms with Crippen LogP contribution in [0.2, 0.25) is 0 Å². The molecule has 0 spiro atoms. The van der Waals surface area contributed by atoms with Crippen molar-refractivity contribution < 1.29 is 4.79 Å². The van der Waals surface area contributed by atoms with Crippen LogP contribution in [0, 0.1) is 13.8 Å². The quantitative estimate of drug-likeness (QED) is 0.650. The lowest BCUT2D eigenvalue weighted by Gasteiger charge is -2.09. The van der Waals surface area contributed by atoms with E-state index in [2.05, 4.69) is 51.4 Å². The molecule has 0 amide bonds. The van der Waals surface area contributed by atoms with Crippen LogP contribution in [0.1, 0.15) is 23.2 Å². The lowest BCUT2D eigenvalue weighted by Crippen LogP contribution is -2.16. The highest BCUT2D eigenvalue weighted by Crippen LogP contribution is 2.29. The number of nitrogens with one attached hydrogen (secondary N) is 2. The van der Waals surface area contributed by atoms with Crippen LogP contribution in [0.5, 0.6) is 0 Å². The van der Waals surface area contributed by atoms with Crippen molar-refractivity contribution in [1.29, 1.82) is 0 Å². The highest BCUT2D eigenvalue weighted by atomic mass is 16.1. The van der Waals surface area contributed by atoms with Gasteiger partial charge in [0.1, 0.15) is 12.0 Å². The standard InChI is InChI=1S/C23H23N5O/c1-16-17(2)28(14-19-7-4-3-5-8-19)23-21(16)22(24-15-25-23)27-26-13-18-9-6-10-20(29)12-11-18/h3-9,11-13,15,26H,10,14H2,1-2H3,(H,24,25,27). The number of hydrogen-bond acceptors (Lipinski definition) is 5. The van der Waals surface area contributed by atoms with Gasteiger partial charge in [0, 0.05) is 24.9 Å². The Morgan fingerprint density at radius 1 is 1.10 bits per heavy atom. The van der Waals surface area contributed by atoms with Gasteiger partial charge >= 0.3 is 0 Å². The van der Waals surface area contributed by atoms with Crippen molar-refractivity contribution in [3.63, 3.8) is 0 Å². The van der Waals surface area contributed by atoms with E-state index in [-0.39, 0.29) is 5.78 Å². The Hall–Kier alpha value is -3.67. The third-order valence-electron chi connectivity index (χ3n) is 5.11. The van der Waals surface area contributed by atoms with Gasteiger partial charge in [-0.2, -0.15) is 0 Å². The van der Waals surface area contributed by atoms with Crippen LogP contribution in [-0.2, 0) is 11.3 Å². The molecule has 146 valence electrons. The third-order valence-corrected chi connectivity index (χ3v) is 5.11. The van der Waals surface area contributed by atoms with Crippen molar-refractivity contribution in [3.8, 4) is 0 Å². The molecule has 6 nitrogen and oxygen atoms in total. The van der Waals surface area contributed by atoms with Crippen LogP contribution in [0.3, 0.4) is 0 Å². The van der Waals surface area contributed by atoms with E-state index in [0.29, 0.717) is 6.42 Å². The molecule has 0 unspecified atom stereocenters. The zero-order chi connectivity index (χ0) is 20.2. The highest BCUT2D eigenvalue weighted by Gasteiger charge is 2.16. The van der Waals surface area contributed by atoms with Gasteiger partial charge in [0.15, 0.2) is 11.6 Å². The summed E-state index contributed by atoms with van der Waals surface area (Å²) < 4.78 is 2.22. The van der Waals surface area contributed by atoms with E-state index >= 15 is 0 Å². The molecule has 2 N–H and O–H groups in total. The monoisotopic (exact) mass is 385 g/mol. The van der Waals surface area contributed by atoms with Gasteiger partial charge in [0.05, 0.1) is 5.39 Å². The fourth-order valence-corrected chi connectivity index (χ4v) is 3.43. The van der Waals surface area contributed by atoms with E-state index < -0.39 is 0 Å². The van der Waals surface area contributed by atoms with Crippen molar-refractivity contribution in [3.05, 3.63) is 89.6 Å². The molecular weight excluding hydrogens is 362 g/mol. The number of carbonyl (C=O) groups is 1. The van der Waals surface area contributed by atoms with E-state index in [4.69, 9.17) is 0 Å². The first-order valence-corrected chi connectivity index (χ1v) is 9.57. The molecule has 0 aliphatic heterocycles. The largest absolute Gasteiger partial charge is 0.325 e. The summed E-state index contributed by atoms with van der Waals surface area (Å²) in [5.74, 6) is 0.817. The van der Waals surface area contributed by atoms with E-state index in [1.807, 2.05) is 36.6 Å². The van der Waals surface area contributed by atoms with Gasteiger partial charge in [-0.3, -0.25) is 10.2 Å². The van der Waals surface area contributed by atoms with Crippen molar-refractivity contribution in [2.45, 2.75) is 26.8 Å². The molecule has 1 aliphatic carbocycles. The second-order valence-corrected chi connectivity index (χ2v) is 7.02. The Labute approximate surface area is 169 Å². The molecule has 4 rings (SSSR count). The second kappa shape index (κ2) is 8.14. The van der Waals surface area contributed by atoms with E-state index in [1.165, 1.54) is 11.3 Å². The van der Waals surface area contributed by atoms with Gasteiger partial charge in [-0.1, -0.05) is 42.5 Å². The first-order chi connectivity index (χ1) is 14.1. The molecular formula is C23H23N5O. The number of aryl methyl sites for hydroxylation is 1. The number of carbonyl (C=O) groups excluding carboxylic acids is 1. The molecule has 0 saturated carbocycles. The minimum atomic E-state index is 0.0981. The fourth-order valence-electron chi connectivity index (χ4n) is 3.43. The Morgan fingerprint density at radius 3 is 2.76 bits per heavy atom. The summed E-state index contributed by atoms with van der Waals surface area (Å²) in [6.45, 7) is 4.96. The minimum absolute atomic E-state index is 0.0981. The van der Waals surface area contributed by atoms with Crippen LogP contribution in [-0.4, -0.2) is 20.3 Å². The molecule has 6 heteroatoms. The number of rotatable bonds is 5. The first-order valence-electron chi connectivity index (χ1n) is 9.57. The van der Waals surface area contributed by atoms with Gasteiger partial charge in [0.25, 0.3) is 0 Å². The number of benzene rings is 1. The smallest absolute Gasteiger partial charge is 0.159 e. The Morgan fingerprint density at radius 2 is 1.93 bits per heavy atom. The van der Waals surface area contributed by atoms with Crippen LogP contribution in [0.4, 0.5) is 5.82 Å². The Bertz CT molecular complexity index is 1140. The Kier molecular flexibility index (Phi) is 5.24. The first kappa shape index (κ1) is 18.7. The fraction of sp³-hybridized carbons (Fsp3) is 0.174. The molecule has 0 fully saturated rings. The highest BCUT2D eigenvalue weighted by molar-refractivity contribution is 5.92. The molecule has 29 heavy (non-hydrogen) atoms. The molecule has 0 atom stereocenters. The number of hydrazine groups is 1. The second-order valence-electron chi connectivity index (χ2n) is 7.02. The number of hydrogen-bond donors (Lipinski definition) is 2. The number of aromatic nitrogens is 3. The van der Waals surface area contributed by atoms with E-state index in [9.17, 15) is 4.79 Å². The SMILES string of the molecule is Cc1c(C)n(Cc2ccccc2)c2ncnc(NNC=C3C=CCC(=O)C=C3)c12. The predicted molar refractivity (Wildman–Crippen MR) is 115 cm³/mol. The number of fused-ring (bicyclic) bond motifs is 1. The lowest BCUT2D eigenvalue weighted by molar-refractivity contribution is -0.113. The topological polar surface area (TPSA) is 71.8 Å². The summed E-state index contributed by atoms with van der Waals surface area (Å²) >= 11 is 0. The summed E-state index contributed by atoms with van der Waals surface area (Å²) in [6, 6.07) is 10.4. The zero-order valence-electron chi connectivity index (χ0n) is 16.5. The van der Waals surface area contributed by atoms with Crippen molar-refractivity contribution in [2.75, 3.05) is 5.43 Å². The van der Waals surface area contributed by atoms with E-state index in [0.717, 1.165) is 34.5 Å². The number of ketones is 1. The molecule has 2 aromatic heterocycles. The van der Waals surface area contributed by atoms with Crippen molar-refractivity contribution >= 4 is 22.6 Å². The summed E-state index contributed by atoms with van der Waals surface area (Å²) in [6.07, 6.45) is 11.0. The maximum absolute atomic E-state index is 11.5. The molecule has 1 aromatic carbocycles. The number of allylic oxidation sites excluding steroid dienone is 5. The summed E-state index contributed by atoms with van der Waals surface area (Å²) in [5, 5.41) is 0.994. The average Bonchev–Trinajstić information content (AvgIpc) is 2.87. The summed E-state index contributed by atoms with van der Waals surface area (Å²) in [7, 11) is 0. The molecule has 3 aromatic rings. The zero-order valence-corrected chi connectivity index (χ0v) is 16.5. The average molecular weight is 385 g/mol. The molecule has 1 aliphatic rings. The lowest BCUT2D eigenvalue weighted by atomic mass is 10.2. The van der Waals surface area contributed by atoms with Crippen LogP contribution in [0.15, 0.2) is 72.7 Å². The van der Waals surface area contributed by atoms with Crippen LogP contribution < -0.4 is 10.9 Å². The summed E-state index contributed by atoms with van der Waals surface area (Å²) in [4.78, 5) is 20.4. The van der Waals surface area contributed by atoms with Crippen LogP contribution in [0.25, 0.3) is 11.0 Å². The minimum Gasteiger partial charge on any atom is -0.325 e. The molecule has 2 heterocycles. The Balaban J connectivity index is 1.62. The van der Waals surface area contributed by atoms with Crippen molar-refractivity contribution in [1.82, 2.24) is 20.0 Å². The molecule has 0 radical (unpaired) electrons. The van der Waals surface area contributed by atoms with Gasteiger partial charge < -0.3 is 9.99 Å². The van der Waals surface area contributed by atoms with Gasteiger partial charge in [0.2, 0.25) is 0 Å². The predicted octanol–water partition coefficient (Wildman–Crippen LogP) is 3.98. The normalized spacial score (nSPS) is 15.1. The van der Waals surface area contributed by atoms with E-state index in [1.54, 1.807) is 18.5 Å². The van der Waals surface area contributed by atoms with Gasteiger partial charge in [-0.05, 0) is 42.7 Å². The van der Waals surface area contributed by atoms with Gasteiger partial charge in [-0.15, -0.1) is 0 Å². The molecule has 0 saturated heterocycles.